The van der Waals surface area contributed by atoms with Crippen molar-refractivity contribution >= 4 is 11.6 Å². The van der Waals surface area contributed by atoms with Gasteiger partial charge in [-0.1, -0.05) is 30.3 Å². The number of hydrogen-bond donors (Lipinski definition) is 2. The molecule has 1 unspecified atom stereocenters. The fraction of sp³-hybridized carbons (Fsp3) is 0.105. The number of aryl methyl sites for hydroxylation is 1. The van der Waals surface area contributed by atoms with Crippen molar-refractivity contribution in [3.63, 3.8) is 0 Å². The molecule has 24 heavy (non-hydrogen) atoms. The molecule has 120 valence electrons. The average molecular weight is 318 g/mol. The van der Waals surface area contributed by atoms with Gasteiger partial charge in [-0.15, -0.1) is 0 Å². The molecule has 0 aliphatic carbocycles. The van der Waals surface area contributed by atoms with Crippen molar-refractivity contribution in [2.45, 2.75) is 13.0 Å². The van der Waals surface area contributed by atoms with Crippen LogP contribution in [0.15, 0.2) is 67.3 Å². The van der Waals surface area contributed by atoms with Crippen molar-refractivity contribution in [1.29, 1.82) is 0 Å². The minimum atomic E-state index is -0.613. The summed E-state index contributed by atoms with van der Waals surface area (Å²) in [6.07, 6.45) is 7.01. The van der Waals surface area contributed by atoms with E-state index in [0.717, 1.165) is 27.9 Å². The fourth-order valence-electron chi connectivity index (χ4n) is 2.56. The topological polar surface area (TPSA) is 80.9 Å². The van der Waals surface area contributed by atoms with Crippen molar-refractivity contribution in [1.82, 2.24) is 9.97 Å². The Morgan fingerprint density at radius 2 is 1.88 bits per heavy atom. The van der Waals surface area contributed by atoms with Gasteiger partial charge in [0.15, 0.2) is 0 Å². The zero-order valence-corrected chi connectivity index (χ0v) is 13.3. The number of nitrogens with zero attached hydrogens (tertiary/aromatic N) is 2. The molecule has 1 aromatic carbocycles. The quantitative estimate of drug-likeness (QED) is 0.757. The molecule has 2 aromatic heterocycles. The maximum absolute atomic E-state index is 11.8. The number of carbonyl (C=O) groups excluding carboxylic acids is 1. The Balaban J connectivity index is 1.91. The SMILES string of the molecule is Cc1ccncc1-c1cncc(NC(C(N)=O)c2ccccc2)c1. The number of amides is 1. The van der Waals surface area contributed by atoms with E-state index in [1.165, 1.54) is 0 Å². The summed E-state index contributed by atoms with van der Waals surface area (Å²) >= 11 is 0. The number of rotatable bonds is 5. The smallest absolute Gasteiger partial charge is 0.244 e. The highest BCUT2D eigenvalue weighted by molar-refractivity contribution is 5.84. The van der Waals surface area contributed by atoms with Gasteiger partial charge in [-0.3, -0.25) is 14.8 Å². The standard InChI is InChI=1S/C19H18N4O/c1-13-7-8-21-12-17(13)15-9-16(11-22-10-15)23-18(19(20)24)14-5-3-2-4-6-14/h2-12,18,23H,1H3,(H2,20,24). The molecule has 0 aliphatic rings. The van der Waals surface area contributed by atoms with Crippen LogP contribution >= 0.6 is 0 Å². The van der Waals surface area contributed by atoms with E-state index in [-0.39, 0.29) is 0 Å². The third-order valence-electron chi connectivity index (χ3n) is 3.82. The van der Waals surface area contributed by atoms with E-state index in [4.69, 9.17) is 5.73 Å². The van der Waals surface area contributed by atoms with Crippen LogP contribution in [0.25, 0.3) is 11.1 Å². The normalized spacial score (nSPS) is 11.7. The van der Waals surface area contributed by atoms with Gasteiger partial charge in [0.05, 0.1) is 11.9 Å². The molecule has 1 atom stereocenters. The van der Waals surface area contributed by atoms with E-state index < -0.39 is 11.9 Å². The zero-order chi connectivity index (χ0) is 16.9. The summed E-state index contributed by atoms with van der Waals surface area (Å²) in [5.41, 5.74) is 10.1. The lowest BCUT2D eigenvalue weighted by atomic mass is 10.0. The number of benzene rings is 1. The van der Waals surface area contributed by atoms with E-state index in [1.807, 2.05) is 49.4 Å². The van der Waals surface area contributed by atoms with Crippen LogP contribution in [0.5, 0.6) is 0 Å². The lowest BCUT2D eigenvalue weighted by Gasteiger charge is -2.17. The molecule has 3 rings (SSSR count). The largest absolute Gasteiger partial charge is 0.369 e. The summed E-state index contributed by atoms with van der Waals surface area (Å²) in [5.74, 6) is -0.441. The number of nitrogens with one attached hydrogen (secondary N) is 1. The second-order valence-electron chi connectivity index (χ2n) is 5.54. The molecule has 5 nitrogen and oxygen atoms in total. The summed E-state index contributed by atoms with van der Waals surface area (Å²) in [4.78, 5) is 20.3. The van der Waals surface area contributed by atoms with E-state index >= 15 is 0 Å². The molecule has 0 aliphatic heterocycles. The van der Waals surface area contributed by atoms with Crippen LogP contribution in [0.1, 0.15) is 17.2 Å². The second kappa shape index (κ2) is 6.91. The number of carbonyl (C=O) groups is 1. The van der Waals surface area contributed by atoms with Gasteiger partial charge >= 0.3 is 0 Å². The van der Waals surface area contributed by atoms with Crippen LogP contribution in [0.4, 0.5) is 5.69 Å². The Morgan fingerprint density at radius 1 is 1.08 bits per heavy atom. The van der Waals surface area contributed by atoms with E-state index in [9.17, 15) is 4.79 Å². The highest BCUT2D eigenvalue weighted by Gasteiger charge is 2.17. The Hall–Kier alpha value is -3.21. The van der Waals surface area contributed by atoms with Gasteiger partial charge < -0.3 is 11.1 Å². The number of nitrogens with two attached hydrogens (primary N) is 1. The molecule has 2 heterocycles. The fourth-order valence-corrected chi connectivity index (χ4v) is 2.56. The molecule has 0 bridgehead atoms. The molecule has 0 saturated carbocycles. The van der Waals surface area contributed by atoms with Crippen LogP contribution in [0, 0.1) is 6.92 Å². The molecule has 1 amide bonds. The van der Waals surface area contributed by atoms with Crippen LogP contribution in [-0.2, 0) is 4.79 Å². The summed E-state index contributed by atoms with van der Waals surface area (Å²) in [6.45, 7) is 2.02. The van der Waals surface area contributed by atoms with Crippen molar-refractivity contribution < 1.29 is 4.79 Å². The van der Waals surface area contributed by atoms with E-state index in [1.54, 1.807) is 24.8 Å². The molecule has 0 fully saturated rings. The van der Waals surface area contributed by atoms with E-state index in [0.29, 0.717) is 0 Å². The number of hydrogen-bond acceptors (Lipinski definition) is 4. The summed E-state index contributed by atoms with van der Waals surface area (Å²) in [5, 5.41) is 3.17. The predicted molar refractivity (Wildman–Crippen MR) is 94.2 cm³/mol. The molecule has 3 aromatic rings. The summed E-state index contributed by atoms with van der Waals surface area (Å²) in [7, 11) is 0. The van der Waals surface area contributed by atoms with Gasteiger partial charge in [0, 0.05) is 29.7 Å². The highest BCUT2D eigenvalue weighted by atomic mass is 16.1. The first-order chi connectivity index (χ1) is 11.6. The maximum Gasteiger partial charge on any atom is 0.244 e. The third kappa shape index (κ3) is 3.41. The maximum atomic E-state index is 11.8. The van der Waals surface area contributed by atoms with Gasteiger partial charge in [0.1, 0.15) is 6.04 Å². The number of pyridine rings is 2. The van der Waals surface area contributed by atoms with Crippen molar-refractivity contribution in [3.05, 3.63) is 78.4 Å². The monoisotopic (exact) mass is 318 g/mol. The Morgan fingerprint density at radius 3 is 2.58 bits per heavy atom. The minimum Gasteiger partial charge on any atom is -0.369 e. The first-order valence-corrected chi connectivity index (χ1v) is 7.62. The van der Waals surface area contributed by atoms with Crippen molar-refractivity contribution in [3.8, 4) is 11.1 Å². The molecular weight excluding hydrogens is 300 g/mol. The molecular formula is C19H18N4O. The second-order valence-corrected chi connectivity index (χ2v) is 5.54. The van der Waals surface area contributed by atoms with Crippen LogP contribution in [0.3, 0.4) is 0 Å². The van der Waals surface area contributed by atoms with Crippen LogP contribution in [-0.4, -0.2) is 15.9 Å². The van der Waals surface area contributed by atoms with Gasteiger partial charge in [-0.25, -0.2) is 0 Å². The van der Waals surface area contributed by atoms with Gasteiger partial charge in [-0.05, 0) is 30.2 Å². The highest BCUT2D eigenvalue weighted by Crippen LogP contribution is 2.26. The minimum absolute atomic E-state index is 0.441. The Bertz CT molecular complexity index is 849. The first-order valence-electron chi connectivity index (χ1n) is 7.62. The molecule has 5 heteroatoms. The van der Waals surface area contributed by atoms with E-state index in [2.05, 4.69) is 15.3 Å². The number of anilines is 1. The van der Waals surface area contributed by atoms with Crippen LogP contribution < -0.4 is 11.1 Å². The third-order valence-corrected chi connectivity index (χ3v) is 3.82. The molecule has 0 spiro atoms. The van der Waals surface area contributed by atoms with Crippen molar-refractivity contribution in [2.24, 2.45) is 5.73 Å². The number of aromatic nitrogens is 2. The number of primary amides is 1. The predicted octanol–water partition coefficient (Wildman–Crippen LogP) is 3.09. The summed E-state index contributed by atoms with van der Waals surface area (Å²) < 4.78 is 0. The Labute approximate surface area is 140 Å². The van der Waals surface area contributed by atoms with Crippen LogP contribution in [0.2, 0.25) is 0 Å². The lowest BCUT2D eigenvalue weighted by Crippen LogP contribution is -2.27. The first kappa shape index (κ1) is 15.7. The molecule has 0 saturated heterocycles. The molecule has 3 N–H and O–H groups in total. The lowest BCUT2D eigenvalue weighted by molar-refractivity contribution is -0.118. The molecule has 0 radical (unpaired) electrons. The zero-order valence-electron chi connectivity index (χ0n) is 13.3. The Kier molecular flexibility index (Phi) is 4.52. The van der Waals surface area contributed by atoms with Crippen molar-refractivity contribution in [2.75, 3.05) is 5.32 Å². The van der Waals surface area contributed by atoms with Gasteiger partial charge in [-0.2, -0.15) is 0 Å². The van der Waals surface area contributed by atoms with Gasteiger partial charge in [0.25, 0.3) is 0 Å². The average Bonchev–Trinajstić information content (AvgIpc) is 2.61. The summed E-state index contributed by atoms with van der Waals surface area (Å²) in [6, 6.07) is 12.7. The van der Waals surface area contributed by atoms with Gasteiger partial charge in [0.2, 0.25) is 5.91 Å².